The summed E-state index contributed by atoms with van der Waals surface area (Å²) in [4.78, 5) is 36.0. The number of hydrogen-bond donors (Lipinski definition) is 3. The van der Waals surface area contributed by atoms with Gasteiger partial charge in [-0.05, 0) is 25.3 Å². The maximum absolute atomic E-state index is 11.9. The second-order valence-electron chi connectivity index (χ2n) is 4.60. The molecule has 0 radical (unpaired) electrons. The van der Waals surface area contributed by atoms with Crippen LogP contribution in [0.5, 0.6) is 0 Å². The van der Waals surface area contributed by atoms with Gasteiger partial charge in [0.15, 0.2) is 0 Å². The minimum Gasteiger partial charge on any atom is -0.481 e. The molecule has 0 aliphatic heterocycles. The quantitative estimate of drug-likeness (QED) is 0.724. The van der Waals surface area contributed by atoms with E-state index in [2.05, 4.69) is 10.3 Å². The zero-order valence-electron chi connectivity index (χ0n) is 9.73. The summed E-state index contributed by atoms with van der Waals surface area (Å²) >= 11 is 0. The zero-order valence-corrected chi connectivity index (χ0v) is 9.73. The van der Waals surface area contributed by atoms with E-state index in [0.29, 0.717) is 18.4 Å². The molecule has 0 bridgehead atoms. The number of aliphatic carboxylic acids is 1. The van der Waals surface area contributed by atoms with Crippen molar-refractivity contribution >= 4 is 11.9 Å². The van der Waals surface area contributed by atoms with Crippen LogP contribution in [0.2, 0.25) is 0 Å². The molecular weight excluding hydrogens is 236 g/mol. The number of hydrogen-bond acceptors (Lipinski definition) is 3. The molecule has 1 aliphatic carbocycles. The summed E-state index contributed by atoms with van der Waals surface area (Å²) in [5.74, 6) is -1.27. The number of carboxylic acid groups (broad SMARTS) is 1. The molecule has 1 aromatic heterocycles. The Bertz CT molecular complexity index is 511. The number of aromatic amines is 1. The van der Waals surface area contributed by atoms with Gasteiger partial charge in [0.25, 0.3) is 5.91 Å². The molecule has 1 aliphatic rings. The first-order valence-corrected chi connectivity index (χ1v) is 5.74. The van der Waals surface area contributed by atoms with Crippen molar-refractivity contribution in [2.75, 3.05) is 0 Å². The van der Waals surface area contributed by atoms with Crippen LogP contribution < -0.4 is 10.9 Å². The average molecular weight is 250 g/mol. The van der Waals surface area contributed by atoms with Gasteiger partial charge in [0.2, 0.25) is 5.56 Å². The highest BCUT2D eigenvalue weighted by Gasteiger charge is 2.40. The minimum atomic E-state index is -0.920. The smallest absolute Gasteiger partial charge is 0.305 e. The Hall–Kier alpha value is -2.11. The number of rotatable bonds is 4. The Morgan fingerprint density at radius 2 is 2.11 bits per heavy atom. The van der Waals surface area contributed by atoms with Gasteiger partial charge >= 0.3 is 5.97 Å². The predicted molar refractivity (Wildman–Crippen MR) is 63.4 cm³/mol. The van der Waals surface area contributed by atoms with Crippen LogP contribution in [0.3, 0.4) is 0 Å². The van der Waals surface area contributed by atoms with E-state index >= 15 is 0 Å². The standard InChI is InChI=1S/C12H14N2O4/c15-9-3-2-8(7-13-9)11(18)14-12(4-1-5-12)6-10(16)17/h2-3,7H,1,4-6H2,(H,13,15)(H,14,18)(H,16,17). The minimum absolute atomic E-state index is 0.0674. The number of amides is 1. The van der Waals surface area contributed by atoms with Gasteiger partial charge in [0, 0.05) is 12.3 Å². The number of aromatic nitrogens is 1. The second kappa shape index (κ2) is 4.64. The third kappa shape index (κ3) is 2.58. The van der Waals surface area contributed by atoms with Gasteiger partial charge in [0.1, 0.15) is 0 Å². The van der Waals surface area contributed by atoms with Gasteiger partial charge in [-0.3, -0.25) is 14.4 Å². The van der Waals surface area contributed by atoms with Gasteiger partial charge in [-0.1, -0.05) is 0 Å². The first-order valence-electron chi connectivity index (χ1n) is 5.74. The Balaban J connectivity index is 2.08. The fourth-order valence-electron chi connectivity index (χ4n) is 2.10. The van der Waals surface area contributed by atoms with Crippen molar-refractivity contribution in [3.05, 3.63) is 34.2 Å². The van der Waals surface area contributed by atoms with Crippen molar-refractivity contribution < 1.29 is 14.7 Å². The van der Waals surface area contributed by atoms with Crippen molar-refractivity contribution in [1.29, 1.82) is 0 Å². The fraction of sp³-hybridized carbons (Fsp3) is 0.417. The van der Waals surface area contributed by atoms with Crippen LogP contribution in [0.15, 0.2) is 23.1 Å². The maximum Gasteiger partial charge on any atom is 0.305 e. The second-order valence-corrected chi connectivity index (χ2v) is 4.60. The lowest BCUT2D eigenvalue weighted by atomic mass is 9.74. The molecular formula is C12H14N2O4. The Morgan fingerprint density at radius 3 is 2.56 bits per heavy atom. The highest BCUT2D eigenvalue weighted by molar-refractivity contribution is 5.94. The van der Waals surface area contributed by atoms with Gasteiger partial charge in [-0.15, -0.1) is 0 Å². The number of nitrogens with one attached hydrogen (secondary N) is 2. The average Bonchev–Trinajstić information content (AvgIpc) is 2.26. The lowest BCUT2D eigenvalue weighted by Crippen LogP contribution is -2.54. The summed E-state index contributed by atoms with van der Waals surface area (Å²) in [5.41, 5.74) is -0.583. The van der Waals surface area contributed by atoms with E-state index in [1.54, 1.807) is 0 Å². The molecule has 0 saturated heterocycles. The third-order valence-corrected chi connectivity index (χ3v) is 3.23. The van der Waals surface area contributed by atoms with Gasteiger partial charge in [-0.2, -0.15) is 0 Å². The van der Waals surface area contributed by atoms with Crippen LogP contribution in [0.1, 0.15) is 36.0 Å². The highest BCUT2D eigenvalue weighted by Crippen LogP contribution is 2.35. The molecule has 0 aromatic carbocycles. The van der Waals surface area contributed by atoms with Crippen molar-refractivity contribution in [3.63, 3.8) is 0 Å². The largest absolute Gasteiger partial charge is 0.481 e. The normalized spacial score (nSPS) is 16.7. The Kier molecular flexibility index (Phi) is 3.18. The summed E-state index contributed by atoms with van der Waals surface area (Å²) in [6, 6.07) is 2.68. The van der Waals surface area contributed by atoms with Crippen LogP contribution in [0, 0.1) is 0 Å². The molecule has 0 spiro atoms. The number of carbonyl (C=O) groups is 2. The van der Waals surface area contributed by atoms with Gasteiger partial charge in [0.05, 0.1) is 17.5 Å². The number of carbonyl (C=O) groups excluding carboxylic acids is 1. The first-order chi connectivity index (χ1) is 8.51. The molecule has 6 heteroatoms. The maximum atomic E-state index is 11.9. The molecule has 18 heavy (non-hydrogen) atoms. The van der Waals surface area contributed by atoms with Gasteiger partial charge in [-0.25, -0.2) is 0 Å². The Morgan fingerprint density at radius 1 is 1.39 bits per heavy atom. The summed E-state index contributed by atoms with van der Waals surface area (Å²) in [6.45, 7) is 0. The molecule has 0 atom stereocenters. The SMILES string of the molecule is O=C(O)CC1(NC(=O)c2ccc(=O)[nH]c2)CCC1. The number of H-pyrrole nitrogens is 1. The summed E-state index contributed by atoms with van der Waals surface area (Å²) in [5, 5.41) is 11.6. The van der Waals surface area contributed by atoms with E-state index in [1.807, 2.05) is 0 Å². The van der Waals surface area contributed by atoms with Crippen molar-refractivity contribution in [2.45, 2.75) is 31.2 Å². The Labute approximate surface area is 103 Å². The van der Waals surface area contributed by atoms with Crippen molar-refractivity contribution in [2.24, 2.45) is 0 Å². The van der Waals surface area contributed by atoms with Crippen LogP contribution in [0.25, 0.3) is 0 Å². The summed E-state index contributed by atoms with van der Waals surface area (Å²) in [6.07, 6.45) is 3.52. The lowest BCUT2D eigenvalue weighted by molar-refractivity contribution is -0.139. The van der Waals surface area contributed by atoms with Crippen LogP contribution >= 0.6 is 0 Å². The topological polar surface area (TPSA) is 99.3 Å². The lowest BCUT2D eigenvalue weighted by Gasteiger charge is -2.41. The third-order valence-electron chi connectivity index (χ3n) is 3.23. The van der Waals surface area contributed by atoms with E-state index in [-0.39, 0.29) is 17.9 Å². The van der Waals surface area contributed by atoms with E-state index in [1.165, 1.54) is 18.3 Å². The molecule has 6 nitrogen and oxygen atoms in total. The van der Waals surface area contributed by atoms with Crippen LogP contribution in [0.4, 0.5) is 0 Å². The fourth-order valence-corrected chi connectivity index (χ4v) is 2.10. The summed E-state index contributed by atoms with van der Waals surface area (Å²) in [7, 11) is 0. The molecule has 1 aromatic rings. The number of pyridine rings is 1. The molecule has 3 N–H and O–H groups in total. The monoisotopic (exact) mass is 250 g/mol. The van der Waals surface area contributed by atoms with E-state index in [0.717, 1.165) is 6.42 Å². The van der Waals surface area contributed by atoms with E-state index < -0.39 is 11.5 Å². The molecule has 1 saturated carbocycles. The van der Waals surface area contributed by atoms with Crippen molar-refractivity contribution in [1.82, 2.24) is 10.3 Å². The number of carboxylic acids is 1. The van der Waals surface area contributed by atoms with Crippen LogP contribution in [-0.4, -0.2) is 27.5 Å². The van der Waals surface area contributed by atoms with E-state index in [4.69, 9.17) is 5.11 Å². The molecule has 1 amide bonds. The molecule has 1 heterocycles. The first kappa shape index (κ1) is 12.3. The highest BCUT2D eigenvalue weighted by atomic mass is 16.4. The molecule has 1 fully saturated rings. The molecule has 2 rings (SSSR count). The molecule has 96 valence electrons. The zero-order chi connectivity index (χ0) is 13.2. The molecule has 0 unspecified atom stereocenters. The van der Waals surface area contributed by atoms with E-state index in [9.17, 15) is 14.4 Å². The summed E-state index contributed by atoms with van der Waals surface area (Å²) < 4.78 is 0. The van der Waals surface area contributed by atoms with Gasteiger partial charge < -0.3 is 15.4 Å². The van der Waals surface area contributed by atoms with Crippen LogP contribution in [-0.2, 0) is 4.79 Å². The van der Waals surface area contributed by atoms with Crippen molar-refractivity contribution in [3.8, 4) is 0 Å². The predicted octanol–water partition coefficient (Wildman–Crippen LogP) is 0.502.